The molecule has 11 nitrogen and oxygen atoms in total. The van der Waals surface area contributed by atoms with Crippen LogP contribution in [0.1, 0.15) is 25.8 Å². The van der Waals surface area contributed by atoms with Crippen LogP contribution in [-0.4, -0.2) is 70.2 Å². The lowest BCUT2D eigenvalue weighted by atomic mass is 10.1. The van der Waals surface area contributed by atoms with E-state index in [4.69, 9.17) is 14.2 Å². The van der Waals surface area contributed by atoms with Crippen LogP contribution in [0, 0.1) is 0 Å². The van der Waals surface area contributed by atoms with Crippen molar-refractivity contribution in [2.45, 2.75) is 44.4 Å². The number of nitrogens with one attached hydrogen (secondary N) is 1. The number of hydrogen-bond acceptors (Lipinski definition) is 9. The van der Waals surface area contributed by atoms with Gasteiger partial charge in [-0.3, -0.25) is 15.2 Å². The lowest BCUT2D eigenvalue weighted by molar-refractivity contribution is -0.141. The number of urea groups is 1. The SMILES string of the molecule is CC1(C)OCC(COc2cncc(NC(=O)N3c4nc(-c5cccc(C(F)(F)F)c5)ncc4N4CC[C@H]3C4)n2)O1. The first-order valence-corrected chi connectivity index (χ1v) is 12.7. The molecule has 14 heteroatoms. The van der Waals surface area contributed by atoms with Crippen molar-refractivity contribution in [1.29, 1.82) is 0 Å². The van der Waals surface area contributed by atoms with Crippen LogP contribution >= 0.6 is 0 Å². The predicted molar refractivity (Wildman–Crippen MR) is 137 cm³/mol. The van der Waals surface area contributed by atoms with Crippen LogP contribution in [0.5, 0.6) is 5.88 Å². The maximum absolute atomic E-state index is 13.5. The minimum Gasteiger partial charge on any atom is -0.474 e. The van der Waals surface area contributed by atoms with Crippen LogP contribution in [0.3, 0.4) is 0 Å². The average molecular weight is 558 g/mol. The number of aromatic nitrogens is 4. The summed E-state index contributed by atoms with van der Waals surface area (Å²) >= 11 is 0. The highest BCUT2D eigenvalue weighted by molar-refractivity contribution is 6.04. The Labute approximate surface area is 227 Å². The minimum atomic E-state index is -4.51. The van der Waals surface area contributed by atoms with Crippen molar-refractivity contribution in [2.24, 2.45) is 0 Å². The van der Waals surface area contributed by atoms with Gasteiger partial charge in [-0.2, -0.15) is 18.2 Å². The van der Waals surface area contributed by atoms with Gasteiger partial charge in [-0.05, 0) is 32.4 Å². The number of halogens is 3. The first-order valence-electron chi connectivity index (χ1n) is 12.7. The molecule has 40 heavy (non-hydrogen) atoms. The summed E-state index contributed by atoms with van der Waals surface area (Å²) in [5.41, 5.74) is 0.0206. The van der Waals surface area contributed by atoms with E-state index < -0.39 is 23.6 Å². The van der Waals surface area contributed by atoms with Crippen LogP contribution in [0.15, 0.2) is 42.9 Å². The van der Waals surface area contributed by atoms with Gasteiger partial charge in [0, 0.05) is 18.7 Å². The Morgan fingerprint density at radius 2 is 2.08 bits per heavy atom. The number of hydrogen-bond donors (Lipinski definition) is 1. The molecule has 5 heterocycles. The predicted octanol–water partition coefficient (Wildman–Crippen LogP) is 4.11. The van der Waals surface area contributed by atoms with Crippen molar-refractivity contribution < 1.29 is 32.2 Å². The number of rotatable bonds is 5. The molecule has 1 aromatic carbocycles. The Balaban J connectivity index is 1.22. The number of amides is 2. The van der Waals surface area contributed by atoms with Crippen molar-refractivity contribution in [3.63, 3.8) is 0 Å². The third-order valence-electron chi connectivity index (χ3n) is 6.85. The second kappa shape index (κ2) is 9.86. The fourth-order valence-electron chi connectivity index (χ4n) is 5.02. The van der Waals surface area contributed by atoms with Gasteiger partial charge in [0.2, 0.25) is 5.88 Å². The monoisotopic (exact) mass is 557 g/mol. The van der Waals surface area contributed by atoms with E-state index in [0.717, 1.165) is 12.1 Å². The van der Waals surface area contributed by atoms with Crippen molar-refractivity contribution in [3.8, 4) is 17.3 Å². The summed E-state index contributed by atoms with van der Waals surface area (Å²) in [5, 5.41) is 2.75. The molecule has 2 amide bonds. The summed E-state index contributed by atoms with van der Waals surface area (Å²) in [5.74, 6) is 0.0873. The highest BCUT2D eigenvalue weighted by atomic mass is 19.4. The topological polar surface area (TPSA) is 115 Å². The summed E-state index contributed by atoms with van der Waals surface area (Å²) in [6.07, 6.45) is 0.283. The highest BCUT2D eigenvalue weighted by Gasteiger charge is 2.41. The summed E-state index contributed by atoms with van der Waals surface area (Å²) in [6.45, 7) is 5.50. The molecule has 0 radical (unpaired) electrons. The lowest BCUT2D eigenvalue weighted by Gasteiger charge is -2.35. The molecule has 1 N–H and O–H groups in total. The quantitative estimate of drug-likeness (QED) is 0.495. The van der Waals surface area contributed by atoms with Gasteiger partial charge in [-0.1, -0.05) is 12.1 Å². The summed E-state index contributed by atoms with van der Waals surface area (Å²) in [6, 6.07) is 4.11. The number of ether oxygens (including phenoxy) is 3. The number of fused-ring (bicyclic) bond motifs is 4. The molecule has 3 aromatic rings. The molecule has 2 bridgehead atoms. The smallest absolute Gasteiger partial charge is 0.416 e. The number of nitrogens with zero attached hydrogens (tertiary/aromatic N) is 6. The number of alkyl halides is 3. The molecule has 1 unspecified atom stereocenters. The Morgan fingerprint density at radius 3 is 2.85 bits per heavy atom. The van der Waals surface area contributed by atoms with E-state index >= 15 is 0 Å². The molecule has 0 spiro atoms. The van der Waals surface area contributed by atoms with Gasteiger partial charge in [-0.25, -0.2) is 14.8 Å². The van der Waals surface area contributed by atoms with E-state index in [1.54, 1.807) is 6.20 Å². The minimum absolute atomic E-state index is 0.0848. The fourth-order valence-corrected chi connectivity index (χ4v) is 5.02. The first kappa shape index (κ1) is 26.2. The van der Waals surface area contributed by atoms with E-state index in [1.165, 1.54) is 29.4 Å². The summed E-state index contributed by atoms with van der Waals surface area (Å²) in [7, 11) is 0. The van der Waals surface area contributed by atoms with E-state index in [9.17, 15) is 18.0 Å². The maximum atomic E-state index is 13.5. The third-order valence-corrected chi connectivity index (χ3v) is 6.85. The van der Waals surface area contributed by atoms with E-state index in [0.29, 0.717) is 37.6 Å². The number of carbonyl (C=O) groups excluding carboxylic acids is 1. The van der Waals surface area contributed by atoms with Crippen LogP contribution in [-0.2, 0) is 15.7 Å². The molecule has 3 aliphatic rings. The zero-order chi connectivity index (χ0) is 28.1. The Bertz CT molecular complexity index is 1440. The number of benzene rings is 1. The molecule has 2 fully saturated rings. The molecule has 2 aromatic heterocycles. The van der Waals surface area contributed by atoms with Crippen molar-refractivity contribution >= 4 is 23.4 Å². The molecule has 6 rings (SSSR count). The molecule has 0 saturated carbocycles. The van der Waals surface area contributed by atoms with Crippen LogP contribution in [0.25, 0.3) is 11.4 Å². The van der Waals surface area contributed by atoms with Crippen molar-refractivity contribution in [3.05, 3.63) is 48.4 Å². The zero-order valence-electron chi connectivity index (χ0n) is 21.7. The zero-order valence-corrected chi connectivity index (χ0v) is 21.7. The van der Waals surface area contributed by atoms with Crippen LogP contribution < -0.4 is 19.9 Å². The molecule has 0 aliphatic carbocycles. The van der Waals surface area contributed by atoms with Gasteiger partial charge in [-0.15, -0.1) is 0 Å². The summed E-state index contributed by atoms with van der Waals surface area (Å²) < 4.78 is 56.8. The van der Waals surface area contributed by atoms with Gasteiger partial charge in [0.1, 0.15) is 12.7 Å². The lowest BCUT2D eigenvalue weighted by Crippen LogP contribution is -2.48. The van der Waals surface area contributed by atoms with E-state index in [1.807, 2.05) is 13.8 Å². The molecule has 2 saturated heterocycles. The van der Waals surface area contributed by atoms with Crippen LogP contribution in [0.4, 0.5) is 35.3 Å². The Kier molecular flexibility index (Phi) is 6.45. The van der Waals surface area contributed by atoms with Crippen molar-refractivity contribution in [1.82, 2.24) is 19.9 Å². The maximum Gasteiger partial charge on any atom is 0.416 e. The van der Waals surface area contributed by atoms with E-state index in [-0.39, 0.29) is 41.8 Å². The highest BCUT2D eigenvalue weighted by Crippen LogP contribution is 2.40. The van der Waals surface area contributed by atoms with Gasteiger partial charge in [0.15, 0.2) is 23.2 Å². The third kappa shape index (κ3) is 5.23. The number of anilines is 3. The first-order chi connectivity index (χ1) is 19.1. The largest absolute Gasteiger partial charge is 0.474 e. The Morgan fingerprint density at radius 1 is 1.23 bits per heavy atom. The molecule has 2 atom stereocenters. The summed E-state index contributed by atoms with van der Waals surface area (Å²) in [4.78, 5) is 34.4. The molecular formula is C26H26F3N7O4. The molecular weight excluding hydrogens is 531 g/mol. The van der Waals surface area contributed by atoms with Crippen molar-refractivity contribution in [2.75, 3.05) is 41.4 Å². The standard InChI is InChI=1S/C26H26F3N7O4/c1-25(2)39-14-18(40-25)13-38-21-11-30-10-20(32-21)33-24(37)36-17-6-7-35(12-17)19-9-31-22(34-23(19)36)15-4-3-5-16(8-15)26(27,28)29/h3-5,8-11,17-18H,6-7,12-14H2,1-2H3,(H,32,33,37)/t17-,18?/m0/s1. The van der Waals surface area contributed by atoms with Crippen LogP contribution in [0.2, 0.25) is 0 Å². The van der Waals surface area contributed by atoms with E-state index in [2.05, 4.69) is 30.2 Å². The second-order valence-corrected chi connectivity index (χ2v) is 10.2. The Hall–Kier alpha value is -4.04. The number of carbonyl (C=O) groups is 1. The normalized spacial score (nSPS) is 21.3. The molecule has 210 valence electrons. The molecule has 3 aliphatic heterocycles. The van der Waals surface area contributed by atoms with Gasteiger partial charge in [0.25, 0.3) is 0 Å². The second-order valence-electron chi connectivity index (χ2n) is 10.2. The average Bonchev–Trinajstić information content (AvgIpc) is 3.50. The van der Waals surface area contributed by atoms with Gasteiger partial charge in [0.05, 0.1) is 42.5 Å². The fraction of sp³-hybridized carbons (Fsp3) is 0.423. The van der Waals surface area contributed by atoms with Gasteiger partial charge >= 0.3 is 12.2 Å². The van der Waals surface area contributed by atoms with Gasteiger partial charge < -0.3 is 19.1 Å².